The Morgan fingerprint density at radius 3 is 2.11 bits per heavy atom. The van der Waals surface area contributed by atoms with E-state index in [9.17, 15) is 19.2 Å². The van der Waals surface area contributed by atoms with Gasteiger partial charge in [-0.05, 0) is 36.4 Å². The summed E-state index contributed by atoms with van der Waals surface area (Å²) in [5, 5.41) is 17.1. The zero-order chi connectivity index (χ0) is 27.5. The lowest BCUT2D eigenvalue weighted by Gasteiger charge is -2.25. The molecule has 3 aromatic rings. The number of methoxy groups -OCH3 is 1. The third-order valence-electron chi connectivity index (χ3n) is 5.45. The molecule has 0 saturated heterocycles. The molecule has 0 radical (unpaired) electrons. The Morgan fingerprint density at radius 1 is 0.868 bits per heavy atom. The fourth-order valence-corrected chi connectivity index (χ4v) is 3.45. The smallest absolute Gasteiger partial charge is 0.360 e. The number of carbonyl (C=O) groups is 4. The fraction of sp³-hybridized carbons (Fsp3) is 0.148. The summed E-state index contributed by atoms with van der Waals surface area (Å²) >= 11 is 0. The maximum absolute atomic E-state index is 13.1. The molecule has 38 heavy (non-hydrogen) atoms. The summed E-state index contributed by atoms with van der Waals surface area (Å²) in [5.41, 5.74) is 1.33. The predicted molar refractivity (Wildman–Crippen MR) is 142 cm³/mol. The van der Waals surface area contributed by atoms with Gasteiger partial charge in [0.2, 0.25) is 11.8 Å². The van der Waals surface area contributed by atoms with Crippen molar-refractivity contribution in [1.82, 2.24) is 5.32 Å². The largest absolute Gasteiger partial charge is 0.464 e. The summed E-state index contributed by atoms with van der Waals surface area (Å²) < 4.78 is 4.57. The van der Waals surface area contributed by atoms with E-state index in [2.05, 4.69) is 20.5 Å². The standard InChI is InChI=1S/C27H27N5O6/c1-31(21-12-5-3-6-13-21)24(34)18-32(22-14-7-4-8-15-22)23(33)17-28-27(36)29-20-11-9-10-19(16-20)25(30-37)26(35)38-2/h3-16,37H,17-18H2,1-2H3,(H2,28,29,36). The number of nitrogens with zero attached hydrogens (tertiary/aromatic N) is 3. The Kier molecular flexibility index (Phi) is 9.52. The van der Waals surface area contributed by atoms with E-state index >= 15 is 0 Å². The molecule has 0 saturated carbocycles. The summed E-state index contributed by atoms with van der Waals surface area (Å²) in [6, 6.07) is 23.0. The van der Waals surface area contributed by atoms with E-state index in [4.69, 9.17) is 5.21 Å². The summed E-state index contributed by atoms with van der Waals surface area (Å²) in [7, 11) is 2.77. The molecule has 0 heterocycles. The molecule has 196 valence electrons. The lowest BCUT2D eigenvalue weighted by atomic mass is 10.1. The number of esters is 1. The summed E-state index contributed by atoms with van der Waals surface area (Å²) in [5.74, 6) is -1.68. The van der Waals surface area contributed by atoms with Crippen molar-refractivity contribution >= 4 is 46.6 Å². The van der Waals surface area contributed by atoms with Crippen molar-refractivity contribution in [3.63, 3.8) is 0 Å². The van der Waals surface area contributed by atoms with Gasteiger partial charge in [-0.2, -0.15) is 0 Å². The molecule has 0 spiro atoms. The van der Waals surface area contributed by atoms with Crippen LogP contribution in [0.1, 0.15) is 5.56 Å². The van der Waals surface area contributed by atoms with Crippen molar-refractivity contribution in [3.8, 4) is 0 Å². The molecule has 0 aliphatic rings. The van der Waals surface area contributed by atoms with Crippen LogP contribution in [0.15, 0.2) is 90.1 Å². The predicted octanol–water partition coefficient (Wildman–Crippen LogP) is 2.86. The number of rotatable bonds is 9. The highest BCUT2D eigenvalue weighted by Crippen LogP contribution is 2.17. The van der Waals surface area contributed by atoms with E-state index in [0.717, 1.165) is 7.11 Å². The van der Waals surface area contributed by atoms with E-state index in [1.54, 1.807) is 55.6 Å². The number of nitrogens with one attached hydrogen (secondary N) is 2. The molecular weight excluding hydrogens is 490 g/mol. The average Bonchev–Trinajstić information content (AvgIpc) is 2.95. The van der Waals surface area contributed by atoms with Crippen LogP contribution < -0.4 is 20.4 Å². The molecule has 0 atom stereocenters. The van der Waals surface area contributed by atoms with Gasteiger partial charge in [-0.3, -0.25) is 9.59 Å². The van der Waals surface area contributed by atoms with Crippen LogP contribution in [0.3, 0.4) is 0 Å². The molecular formula is C27H27N5O6. The molecule has 0 bridgehead atoms. The number of ether oxygens (including phenoxy) is 1. The van der Waals surface area contributed by atoms with Crippen molar-refractivity contribution in [2.75, 3.05) is 42.4 Å². The minimum atomic E-state index is -0.854. The minimum absolute atomic E-state index is 0.213. The van der Waals surface area contributed by atoms with Gasteiger partial charge in [-0.1, -0.05) is 53.7 Å². The van der Waals surface area contributed by atoms with E-state index < -0.39 is 24.5 Å². The zero-order valence-electron chi connectivity index (χ0n) is 20.8. The Morgan fingerprint density at radius 2 is 1.50 bits per heavy atom. The molecule has 0 aromatic heterocycles. The van der Waals surface area contributed by atoms with Gasteiger partial charge >= 0.3 is 12.0 Å². The number of benzene rings is 3. The molecule has 0 aliphatic heterocycles. The van der Waals surface area contributed by atoms with Crippen LogP contribution in [-0.4, -0.2) is 62.0 Å². The second kappa shape index (κ2) is 13.2. The van der Waals surface area contributed by atoms with Gasteiger partial charge in [-0.25, -0.2) is 9.59 Å². The van der Waals surface area contributed by atoms with Crippen molar-refractivity contribution in [2.45, 2.75) is 0 Å². The average molecular weight is 518 g/mol. The van der Waals surface area contributed by atoms with Crippen molar-refractivity contribution in [1.29, 1.82) is 0 Å². The van der Waals surface area contributed by atoms with Gasteiger partial charge in [0.05, 0.1) is 13.7 Å². The summed E-state index contributed by atoms with van der Waals surface area (Å²) in [4.78, 5) is 53.1. The minimum Gasteiger partial charge on any atom is -0.464 e. The van der Waals surface area contributed by atoms with Gasteiger partial charge in [0, 0.05) is 29.7 Å². The first-order valence-corrected chi connectivity index (χ1v) is 11.5. The van der Waals surface area contributed by atoms with Crippen LogP contribution in [0.5, 0.6) is 0 Å². The fourth-order valence-electron chi connectivity index (χ4n) is 3.45. The summed E-state index contributed by atoms with van der Waals surface area (Å²) in [6.07, 6.45) is 0. The van der Waals surface area contributed by atoms with Crippen molar-refractivity contribution < 1.29 is 29.1 Å². The number of urea groups is 1. The second-order valence-electron chi connectivity index (χ2n) is 7.93. The van der Waals surface area contributed by atoms with Gasteiger partial charge in [0.1, 0.15) is 6.54 Å². The van der Waals surface area contributed by atoms with Gasteiger partial charge < -0.3 is 30.4 Å². The number of amides is 4. The van der Waals surface area contributed by atoms with Crippen LogP contribution in [0.2, 0.25) is 0 Å². The molecule has 0 fully saturated rings. The normalized spacial score (nSPS) is 10.7. The van der Waals surface area contributed by atoms with E-state index in [0.29, 0.717) is 11.4 Å². The second-order valence-corrected chi connectivity index (χ2v) is 7.93. The number of likely N-dealkylation sites (N-methyl/N-ethyl adjacent to an activating group) is 1. The lowest BCUT2D eigenvalue weighted by Crippen LogP contribution is -2.46. The molecule has 3 rings (SSSR count). The molecule has 3 aromatic carbocycles. The van der Waals surface area contributed by atoms with E-state index in [1.807, 2.05) is 18.2 Å². The number of carbonyl (C=O) groups excluding carboxylic acids is 4. The van der Waals surface area contributed by atoms with E-state index in [1.165, 1.54) is 28.0 Å². The van der Waals surface area contributed by atoms with Crippen LogP contribution >= 0.6 is 0 Å². The number of hydrogen-bond acceptors (Lipinski definition) is 7. The maximum Gasteiger partial charge on any atom is 0.360 e. The van der Waals surface area contributed by atoms with Crippen LogP contribution in [0, 0.1) is 0 Å². The van der Waals surface area contributed by atoms with Crippen molar-refractivity contribution in [3.05, 3.63) is 90.5 Å². The van der Waals surface area contributed by atoms with Crippen molar-refractivity contribution in [2.24, 2.45) is 5.16 Å². The van der Waals surface area contributed by atoms with Gasteiger partial charge in [0.25, 0.3) is 0 Å². The first-order valence-electron chi connectivity index (χ1n) is 11.5. The monoisotopic (exact) mass is 517 g/mol. The first-order chi connectivity index (χ1) is 18.3. The van der Waals surface area contributed by atoms with Crippen LogP contribution in [0.4, 0.5) is 21.9 Å². The van der Waals surface area contributed by atoms with E-state index in [-0.39, 0.29) is 29.4 Å². The Balaban J connectivity index is 1.67. The Hall–Kier alpha value is -5.19. The quantitative estimate of drug-likeness (QED) is 0.173. The topological polar surface area (TPSA) is 141 Å². The van der Waals surface area contributed by atoms with Gasteiger partial charge in [-0.15, -0.1) is 0 Å². The van der Waals surface area contributed by atoms with Crippen LogP contribution in [0.25, 0.3) is 0 Å². The molecule has 0 aliphatic carbocycles. The number of oxime groups is 1. The number of anilines is 3. The molecule has 11 heteroatoms. The number of hydrogen-bond donors (Lipinski definition) is 3. The third kappa shape index (κ3) is 7.17. The number of para-hydroxylation sites is 2. The SMILES string of the molecule is COC(=O)C(=NO)c1cccc(NC(=O)NCC(=O)N(CC(=O)N(C)c2ccccc2)c2ccccc2)c1. The Labute approximate surface area is 219 Å². The molecule has 11 nitrogen and oxygen atoms in total. The Bertz CT molecular complexity index is 1310. The summed E-state index contributed by atoms with van der Waals surface area (Å²) in [6.45, 7) is -0.634. The van der Waals surface area contributed by atoms with Gasteiger partial charge in [0.15, 0.2) is 5.71 Å². The maximum atomic E-state index is 13.1. The van der Waals surface area contributed by atoms with Crippen LogP contribution in [-0.2, 0) is 19.1 Å². The highest BCUT2D eigenvalue weighted by Gasteiger charge is 2.22. The highest BCUT2D eigenvalue weighted by atomic mass is 16.5. The lowest BCUT2D eigenvalue weighted by molar-refractivity contribution is -0.132. The zero-order valence-corrected chi connectivity index (χ0v) is 20.8. The third-order valence-corrected chi connectivity index (χ3v) is 5.45. The molecule has 3 N–H and O–H groups in total. The molecule has 0 unspecified atom stereocenters. The highest BCUT2D eigenvalue weighted by molar-refractivity contribution is 6.43. The molecule has 4 amide bonds. The first kappa shape index (κ1) is 27.4.